The van der Waals surface area contributed by atoms with Crippen LogP contribution in [0.4, 0.5) is 4.79 Å². The second kappa shape index (κ2) is 14.2. The van der Waals surface area contributed by atoms with Gasteiger partial charge in [-0.3, -0.25) is 10.1 Å². The molecule has 2 N–H and O–H groups in total. The summed E-state index contributed by atoms with van der Waals surface area (Å²) in [6.07, 6.45) is 20.4. The van der Waals surface area contributed by atoms with Crippen molar-refractivity contribution in [2.24, 2.45) is 0 Å². The maximum absolute atomic E-state index is 12.5. The summed E-state index contributed by atoms with van der Waals surface area (Å²) in [6, 6.07) is 9.24. The first-order valence-corrected chi connectivity index (χ1v) is 12.4. The van der Waals surface area contributed by atoms with E-state index in [-0.39, 0.29) is 11.9 Å². The Labute approximate surface area is 183 Å². The van der Waals surface area contributed by atoms with Crippen LogP contribution in [-0.4, -0.2) is 11.9 Å². The van der Waals surface area contributed by atoms with Gasteiger partial charge in [0.2, 0.25) is 0 Å². The molecule has 1 unspecified atom stereocenters. The third-order valence-electron chi connectivity index (χ3n) is 6.36. The Morgan fingerprint density at radius 1 is 0.667 bits per heavy atom. The molecule has 0 radical (unpaired) electrons. The van der Waals surface area contributed by atoms with Crippen molar-refractivity contribution >= 4 is 11.9 Å². The maximum Gasteiger partial charge on any atom is 0.322 e. The summed E-state index contributed by atoms with van der Waals surface area (Å²) in [5.41, 5.74) is -0.0202. The third kappa shape index (κ3) is 8.12. The smallest absolute Gasteiger partial charge is 0.319 e. The Kier molecular flexibility index (Phi) is 11.6. The predicted molar refractivity (Wildman–Crippen MR) is 124 cm³/mol. The molecular weight excluding hydrogens is 372 g/mol. The molecule has 0 saturated carbocycles. The molecule has 1 aliphatic rings. The van der Waals surface area contributed by atoms with Crippen molar-refractivity contribution in [2.75, 3.05) is 0 Å². The first kappa shape index (κ1) is 24.4. The lowest BCUT2D eigenvalue weighted by molar-refractivity contribution is -0.124. The number of imide groups is 1. The van der Waals surface area contributed by atoms with Crippen molar-refractivity contribution in [3.05, 3.63) is 35.9 Å². The van der Waals surface area contributed by atoms with Crippen molar-refractivity contribution in [2.45, 2.75) is 115 Å². The van der Waals surface area contributed by atoms with Crippen molar-refractivity contribution in [3.63, 3.8) is 0 Å². The summed E-state index contributed by atoms with van der Waals surface area (Å²) in [4.78, 5) is 24.3. The molecule has 0 spiro atoms. The number of urea groups is 1. The summed E-state index contributed by atoms with van der Waals surface area (Å²) in [7, 11) is 0. The van der Waals surface area contributed by atoms with Crippen LogP contribution in [0.1, 0.15) is 115 Å². The van der Waals surface area contributed by atoms with Crippen molar-refractivity contribution < 1.29 is 9.59 Å². The van der Waals surface area contributed by atoms with E-state index in [0.29, 0.717) is 6.42 Å². The second-order valence-electron chi connectivity index (χ2n) is 8.88. The van der Waals surface area contributed by atoms with Gasteiger partial charge in [0.05, 0.1) is 0 Å². The molecule has 1 fully saturated rings. The van der Waals surface area contributed by atoms with Gasteiger partial charge >= 0.3 is 6.03 Å². The van der Waals surface area contributed by atoms with Gasteiger partial charge in [-0.15, -0.1) is 0 Å². The van der Waals surface area contributed by atoms with E-state index in [1.54, 1.807) is 0 Å². The fourth-order valence-corrected chi connectivity index (χ4v) is 4.50. The minimum absolute atomic E-state index is 0.218. The van der Waals surface area contributed by atoms with Gasteiger partial charge in [-0.05, 0) is 12.0 Å². The molecule has 0 bridgehead atoms. The van der Waals surface area contributed by atoms with E-state index in [9.17, 15) is 9.59 Å². The number of rotatable bonds is 17. The zero-order valence-electron chi connectivity index (χ0n) is 19.0. The molecule has 1 atom stereocenters. The number of benzene rings is 1. The van der Waals surface area contributed by atoms with Crippen molar-refractivity contribution in [1.82, 2.24) is 10.6 Å². The number of carbonyl (C=O) groups is 2. The standard InChI is InChI=1S/C26H42N2O2/c1-2-3-4-5-6-7-8-9-10-11-12-13-14-15-19-22-26(23-20-17-16-18-21-23)24(29)27-25(30)28-26/h16-18,20-21H,2-15,19,22H2,1H3,(H2,27,28,29,30). The third-order valence-corrected chi connectivity index (χ3v) is 6.36. The lowest BCUT2D eigenvalue weighted by atomic mass is 9.84. The molecule has 1 aliphatic heterocycles. The molecule has 30 heavy (non-hydrogen) atoms. The molecule has 4 nitrogen and oxygen atoms in total. The van der Waals surface area contributed by atoms with Gasteiger partial charge in [0.15, 0.2) is 0 Å². The zero-order valence-corrected chi connectivity index (χ0v) is 19.0. The van der Waals surface area contributed by atoms with Crippen LogP contribution in [0.15, 0.2) is 30.3 Å². The predicted octanol–water partition coefficient (Wildman–Crippen LogP) is 6.98. The lowest BCUT2D eigenvalue weighted by Crippen LogP contribution is -2.43. The normalized spacial score (nSPS) is 18.4. The van der Waals surface area contributed by atoms with Crippen molar-refractivity contribution in [1.29, 1.82) is 0 Å². The van der Waals surface area contributed by atoms with Gasteiger partial charge < -0.3 is 5.32 Å². The van der Waals surface area contributed by atoms with Crippen LogP contribution in [0, 0.1) is 0 Å². The Morgan fingerprint density at radius 3 is 1.57 bits per heavy atom. The van der Waals surface area contributed by atoms with E-state index in [1.165, 1.54) is 83.5 Å². The number of carbonyl (C=O) groups excluding carboxylic acids is 2. The first-order chi connectivity index (χ1) is 14.7. The minimum atomic E-state index is -0.894. The molecule has 4 heteroatoms. The van der Waals surface area contributed by atoms with Crippen LogP contribution in [0.2, 0.25) is 0 Å². The van der Waals surface area contributed by atoms with Crippen LogP contribution in [0.5, 0.6) is 0 Å². The van der Waals surface area contributed by atoms with E-state index < -0.39 is 5.54 Å². The Bertz CT molecular complexity index is 617. The SMILES string of the molecule is CCCCCCCCCCCCCCCCCC1(c2ccccc2)NC(=O)NC1=O. The molecule has 1 heterocycles. The molecule has 1 aromatic carbocycles. The maximum atomic E-state index is 12.5. The Hall–Kier alpha value is -1.84. The number of hydrogen-bond acceptors (Lipinski definition) is 2. The highest BCUT2D eigenvalue weighted by Gasteiger charge is 2.46. The molecule has 1 saturated heterocycles. The molecule has 3 amide bonds. The van der Waals surface area contributed by atoms with E-state index in [4.69, 9.17) is 0 Å². The van der Waals surface area contributed by atoms with Gasteiger partial charge in [-0.1, -0.05) is 134 Å². The highest BCUT2D eigenvalue weighted by Crippen LogP contribution is 2.31. The van der Waals surface area contributed by atoms with Gasteiger partial charge in [-0.2, -0.15) is 0 Å². The van der Waals surface area contributed by atoms with Gasteiger partial charge in [0, 0.05) is 0 Å². The topological polar surface area (TPSA) is 58.2 Å². The fourth-order valence-electron chi connectivity index (χ4n) is 4.50. The molecule has 0 aromatic heterocycles. The monoisotopic (exact) mass is 414 g/mol. The zero-order chi connectivity index (χ0) is 21.5. The van der Waals surface area contributed by atoms with E-state index >= 15 is 0 Å². The van der Waals surface area contributed by atoms with Crippen LogP contribution in [0.3, 0.4) is 0 Å². The van der Waals surface area contributed by atoms with E-state index in [2.05, 4.69) is 17.6 Å². The largest absolute Gasteiger partial charge is 0.322 e. The highest BCUT2D eigenvalue weighted by atomic mass is 16.2. The average Bonchev–Trinajstić information content (AvgIpc) is 3.05. The van der Waals surface area contributed by atoms with Crippen LogP contribution in [0.25, 0.3) is 0 Å². The summed E-state index contributed by atoms with van der Waals surface area (Å²) in [6.45, 7) is 2.27. The van der Waals surface area contributed by atoms with E-state index in [0.717, 1.165) is 18.4 Å². The highest BCUT2D eigenvalue weighted by molar-refractivity contribution is 6.07. The Morgan fingerprint density at radius 2 is 1.13 bits per heavy atom. The van der Waals surface area contributed by atoms with E-state index in [1.807, 2.05) is 30.3 Å². The minimum Gasteiger partial charge on any atom is -0.319 e. The summed E-state index contributed by atoms with van der Waals surface area (Å²) in [5, 5.41) is 5.30. The fraction of sp³-hybridized carbons (Fsp3) is 0.692. The van der Waals surface area contributed by atoms with Crippen LogP contribution < -0.4 is 10.6 Å². The summed E-state index contributed by atoms with van der Waals surface area (Å²) in [5.74, 6) is -0.218. The summed E-state index contributed by atoms with van der Waals surface area (Å²) >= 11 is 0. The lowest BCUT2D eigenvalue weighted by Gasteiger charge is -2.26. The molecule has 0 aliphatic carbocycles. The van der Waals surface area contributed by atoms with Crippen molar-refractivity contribution in [3.8, 4) is 0 Å². The number of amides is 3. The van der Waals surface area contributed by atoms with Crippen LogP contribution in [-0.2, 0) is 10.3 Å². The number of hydrogen-bond donors (Lipinski definition) is 2. The molecule has 1 aromatic rings. The molecule has 168 valence electrons. The van der Waals surface area contributed by atoms with Gasteiger partial charge in [0.25, 0.3) is 5.91 Å². The first-order valence-electron chi connectivity index (χ1n) is 12.4. The Balaban J connectivity index is 1.52. The molecule has 2 rings (SSSR count). The number of unbranched alkanes of at least 4 members (excludes halogenated alkanes) is 14. The average molecular weight is 415 g/mol. The van der Waals surface area contributed by atoms with Gasteiger partial charge in [-0.25, -0.2) is 4.79 Å². The van der Waals surface area contributed by atoms with Gasteiger partial charge in [0.1, 0.15) is 5.54 Å². The van der Waals surface area contributed by atoms with Crippen LogP contribution >= 0.6 is 0 Å². The quantitative estimate of drug-likeness (QED) is 0.213. The molecular formula is C26H42N2O2. The summed E-state index contributed by atoms with van der Waals surface area (Å²) < 4.78 is 0. The second-order valence-corrected chi connectivity index (χ2v) is 8.88. The number of nitrogens with one attached hydrogen (secondary N) is 2.